The van der Waals surface area contributed by atoms with Crippen molar-refractivity contribution in [3.63, 3.8) is 0 Å². The van der Waals surface area contributed by atoms with E-state index in [4.69, 9.17) is 10.3 Å². The maximum absolute atomic E-state index is 12.7. The van der Waals surface area contributed by atoms with E-state index in [2.05, 4.69) is 26.9 Å². The number of aliphatic carboxylic acids is 1. The first-order valence-electron chi connectivity index (χ1n) is 8.98. The monoisotopic (exact) mass is 533 g/mol. The molecular formula is C17H19N5O9S3. The van der Waals surface area contributed by atoms with E-state index in [9.17, 15) is 32.7 Å². The second kappa shape index (κ2) is 10.8. The summed E-state index contributed by atoms with van der Waals surface area (Å²) >= 11 is 2.34. The summed E-state index contributed by atoms with van der Waals surface area (Å²) in [4.78, 5) is 57.4. The largest absolute Gasteiger partial charge is 0.477 e. The van der Waals surface area contributed by atoms with E-state index >= 15 is 0 Å². The molecule has 34 heavy (non-hydrogen) atoms. The van der Waals surface area contributed by atoms with Crippen molar-refractivity contribution in [3.05, 3.63) is 35.0 Å². The van der Waals surface area contributed by atoms with Gasteiger partial charge in [-0.2, -0.15) is 8.42 Å². The van der Waals surface area contributed by atoms with Crippen LogP contribution in [0, 0.1) is 0 Å². The first kappa shape index (κ1) is 27.0. The zero-order valence-corrected chi connectivity index (χ0v) is 20.1. The number of anilines is 1. The number of β-lactam (4-membered cyclic amide) rings is 1. The Morgan fingerprint density at radius 2 is 2.06 bits per heavy atom. The second-order valence-electron chi connectivity index (χ2n) is 6.57. The summed E-state index contributed by atoms with van der Waals surface area (Å²) in [5.41, 5.74) is 5.58. The van der Waals surface area contributed by atoms with Gasteiger partial charge in [0.25, 0.3) is 21.9 Å². The highest BCUT2D eigenvalue weighted by atomic mass is 32.2. The van der Waals surface area contributed by atoms with E-state index in [1.54, 1.807) is 0 Å². The molecule has 2 amide bonds. The van der Waals surface area contributed by atoms with Crippen molar-refractivity contribution in [1.29, 1.82) is 0 Å². The molecule has 1 aromatic heterocycles. The fourth-order valence-corrected chi connectivity index (χ4v) is 4.61. The zero-order valence-electron chi connectivity index (χ0n) is 17.6. The number of allylic oxidation sites excluding steroid dienone is 1. The number of carboxylic acids is 1. The minimum absolute atomic E-state index is 0.0752. The average Bonchev–Trinajstić information content (AvgIpc) is 3.15. The number of nitrogens with zero attached hydrogens (tertiary/aromatic N) is 3. The lowest BCUT2D eigenvalue weighted by Crippen LogP contribution is -2.71. The molecular weight excluding hydrogens is 514 g/mol. The van der Waals surface area contributed by atoms with Gasteiger partial charge in [0.2, 0.25) is 0 Å². The summed E-state index contributed by atoms with van der Waals surface area (Å²) < 4.78 is 25.9. The maximum atomic E-state index is 12.7. The predicted molar refractivity (Wildman–Crippen MR) is 122 cm³/mol. The lowest BCUT2D eigenvalue weighted by Gasteiger charge is -2.49. The third-order valence-electron chi connectivity index (χ3n) is 3.98. The van der Waals surface area contributed by atoms with Crippen molar-refractivity contribution in [1.82, 2.24) is 15.2 Å². The molecule has 0 aliphatic carbocycles. The Bertz CT molecular complexity index is 1200. The van der Waals surface area contributed by atoms with Crippen LogP contribution in [0.25, 0.3) is 0 Å². The number of hydrogen-bond acceptors (Lipinski definition) is 12. The number of nitrogens with two attached hydrogens (primary N) is 1. The van der Waals surface area contributed by atoms with Crippen LogP contribution in [-0.2, 0) is 34.1 Å². The fraction of sp³-hybridized carbons (Fsp3) is 0.294. The van der Waals surface area contributed by atoms with Gasteiger partial charge in [-0.25, -0.2) is 14.6 Å². The molecule has 1 unspecified atom stereocenters. The number of nitrogens with one attached hydrogen (secondary N) is 1. The smallest absolute Gasteiger partial charge is 0.352 e. The summed E-state index contributed by atoms with van der Waals surface area (Å²) in [7, 11) is -3.67. The first-order chi connectivity index (χ1) is 15.7. The number of carbonyl (C=O) groups excluding carboxylic acids is 3. The molecule has 0 aromatic carbocycles. The number of hydrogen-bond donors (Lipinski definition) is 4. The van der Waals surface area contributed by atoms with Crippen molar-refractivity contribution in [3.8, 4) is 0 Å². The Labute approximate surface area is 201 Å². The van der Waals surface area contributed by atoms with Gasteiger partial charge in [0, 0.05) is 18.1 Å². The molecule has 0 saturated carbocycles. The number of nitrogen functional groups attached to an aromatic ring is 1. The predicted octanol–water partition coefficient (Wildman–Crippen LogP) is -0.579. The van der Waals surface area contributed by atoms with Crippen LogP contribution < -0.4 is 11.1 Å². The number of fused-ring (bicyclic) bond motifs is 1. The van der Waals surface area contributed by atoms with E-state index in [0.29, 0.717) is 17.6 Å². The number of thiazole rings is 1. The zero-order chi connectivity index (χ0) is 25.8. The molecule has 3 heterocycles. The van der Waals surface area contributed by atoms with Gasteiger partial charge in [-0.15, -0.1) is 23.1 Å². The van der Waals surface area contributed by atoms with Gasteiger partial charge in [-0.1, -0.05) is 17.8 Å². The molecule has 5 N–H and O–H groups in total. The van der Waals surface area contributed by atoms with Crippen molar-refractivity contribution in [2.24, 2.45) is 5.16 Å². The first-order valence-corrected chi connectivity index (χ1v) is 12.8. The SMILES string of the molecule is C=CC1=C(C(=O)O)N2C(=O)C(NC(=O)/C(=N/OC(C)=O)c3csc(N)n3)[C@H]2SC1.CS(=O)(=O)O. The molecule has 0 radical (unpaired) electrons. The van der Waals surface area contributed by atoms with E-state index in [1.165, 1.54) is 23.2 Å². The second-order valence-corrected chi connectivity index (χ2v) is 10.0. The molecule has 184 valence electrons. The molecule has 1 saturated heterocycles. The summed E-state index contributed by atoms with van der Waals surface area (Å²) in [5.74, 6) is -3.08. The summed E-state index contributed by atoms with van der Waals surface area (Å²) in [6, 6.07) is -0.980. The molecule has 3 rings (SSSR count). The third kappa shape index (κ3) is 6.62. The minimum atomic E-state index is -3.67. The van der Waals surface area contributed by atoms with Crippen LogP contribution in [0.2, 0.25) is 0 Å². The Kier molecular flexibility index (Phi) is 8.54. The maximum Gasteiger partial charge on any atom is 0.352 e. The molecule has 0 spiro atoms. The van der Waals surface area contributed by atoms with Gasteiger partial charge in [0.1, 0.15) is 22.8 Å². The molecule has 2 aliphatic heterocycles. The number of rotatable bonds is 6. The van der Waals surface area contributed by atoms with Gasteiger partial charge >= 0.3 is 11.9 Å². The van der Waals surface area contributed by atoms with Crippen molar-refractivity contribution in [2.45, 2.75) is 18.3 Å². The Balaban J connectivity index is 0.000000739. The van der Waals surface area contributed by atoms with Crippen LogP contribution in [0.5, 0.6) is 0 Å². The number of carbonyl (C=O) groups is 4. The lowest BCUT2D eigenvalue weighted by atomic mass is 10.0. The van der Waals surface area contributed by atoms with Crippen molar-refractivity contribution < 1.29 is 42.1 Å². The van der Waals surface area contributed by atoms with Crippen LogP contribution in [0.15, 0.2) is 34.5 Å². The highest BCUT2D eigenvalue weighted by Gasteiger charge is 2.54. The summed E-state index contributed by atoms with van der Waals surface area (Å²) in [6.45, 7) is 4.68. The standard InChI is InChI=1S/C16H15N5O6S2.CH4O3S/c1-3-7-4-28-14-10(13(24)21(14)11(7)15(25)26)19-12(23)9(20-27-6(2)22)8-5-29-16(17)18-8;1-5(2,3)4/h3,5,10,14H,1,4H2,2H3,(H2,17,18)(H,19,23)(H,25,26);1H3,(H,2,3,4)/b20-9+;/t10?,14-;/m1./s1. The minimum Gasteiger partial charge on any atom is -0.477 e. The molecule has 1 aromatic rings. The van der Waals surface area contributed by atoms with Crippen LogP contribution in [0.3, 0.4) is 0 Å². The molecule has 1 fully saturated rings. The fourth-order valence-electron chi connectivity index (χ4n) is 2.72. The van der Waals surface area contributed by atoms with E-state index in [1.807, 2.05) is 0 Å². The van der Waals surface area contributed by atoms with Crippen LogP contribution in [0.4, 0.5) is 5.13 Å². The van der Waals surface area contributed by atoms with Gasteiger partial charge in [0.05, 0.1) is 6.26 Å². The van der Waals surface area contributed by atoms with Crippen LogP contribution in [0.1, 0.15) is 12.6 Å². The van der Waals surface area contributed by atoms with Gasteiger partial charge in [-0.3, -0.25) is 19.0 Å². The summed E-state index contributed by atoms with van der Waals surface area (Å²) in [6.07, 6.45) is 2.11. The Hall–Kier alpha value is -3.28. The normalized spacial score (nSPS) is 19.8. The molecule has 17 heteroatoms. The van der Waals surface area contributed by atoms with Crippen LogP contribution >= 0.6 is 23.1 Å². The van der Waals surface area contributed by atoms with Gasteiger partial charge in [-0.05, 0) is 5.57 Å². The number of thioether (sulfide) groups is 1. The average molecular weight is 534 g/mol. The number of aromatic nitrogens is 1. The molecule has 14 nitrogen and oxygen atoms in total. The van der Waals surface area contributed by atoms with Gasteiger partial charge < -0.3 is 21.0 Å². The van der Waals surface area contributed by atoms with E-state index in [-0.39, 0.29) is 22.2 Å². The highest BCUT2D eigenvalue weighted by molar-refractivity contribution is 8.00. The van der Waals surface area contributed by atoms with Crippen molar-refractivity contribution in [2.75, 3.05) is 17.7 Å². The molecule has 2 atom stereocenters. The molecule has 0 bridgehead atoms. The highest BCUT2D eigenvalue weighted by Crippen LogP contribution is 2.40. The van der Waals surface area contributed by atoms with Crippen molar-refractivity contribution >= 4 is 67.8 Å². The Morgan fingerprint density at radius 1 is 1.44 bits per heavy atom. The van der Waals surface area contributed by atoms with E-state index in [0.717, 1.165) is 23.2 Å². The topological polar surface area (TPSA) is 219 Å². The molecule has 2 aliphatic rings. The third-order valence-corrected chi connectivity index (χ3v) is 5.95. The lowest BCUT2D eigenvalue weighted by molar-refractivity contribution is -0.150. The number of amides is 2. The summed E-state index contributed by atoms with van der Waals surface area (Å²) in [5, 5.41) is 16.5. The quantitative estimate of drug-likeness (QED) is 0.119. The Morgan fingerprint density at radius 3 is 2.53 bits per heavy atom. The van der Waals surface area contributed by atoms with Crippen LogP contribution in [-0.4, -0.2) is 80.8 Å². The van der Waals surface area contributed by atoms with Gasteiger partial charge in [0.15, 0.2) is 10.8 Å². The number of carboxylic acid groups (broad SMARTS) is 1. The number of oxime groups is 1. The van der Waals surface area contributed by atoms with E-state index < -0.39 is 45.3 Å².